The van der Waals surface area contributed by atoms with E-state index in [2.05, 4.69) is 19.1 Å². The summed E-state index contributed by atoms with van der Waals surface area (Å²) in [4.78, 5) is 0. The molecule has 0 nitrogen and oxygen atoms in total. The molecule has 0 aromatic carbocycles. The van der Waals surface area contributed by atoms with Crippen molar-refractivity contribution in [2.45, 2.75) is 64.7 Å². The zero-order chi connectivity index (χ0) is 9.36. The van der Waals surface area contributed by atoms with Gasteiger partial charge in [-0.3, -0.25) is 0 Å². The number of hydrogen-bond donors (Lipinski definition) is 0. The maximum Gasteiger partial charge on any atom is -0.0351 e. The van der Waals surface area contributed by atoms with Gasteiger partial charge < -0.3 is 0 Å². The highest BCUT2D eigenvalue weighted by molar-refractivity contribution is 4.79. The van der Waals surface area contributed by atoms with E-state index in [0.717, 1.165) is 5.92 Å². The lowest BCUT2D eigenvalue weighted by Crippen LogP contribution is -1.91. The molecule has 0 aromatic heterocycles. The molecule has 0 N–H and O–H groups in total. The van der Waals surface area contributed by atoms with Crippen LogP contribution in [0, 0.1) is 5.92 Å². The standard InChI is InChI=1S/C13H24/c1-2-3-4-5-6-7-10-13-11-8-9-12-13/h3-4,13H,2,5-12H2,1H3/b4-3+. The summed E-state index contributed by atoms with van der Waals surface area (Å²) in [6.07, 6.45) is 17.5. The summed E-state index contributed by atoms with van der Waals surface area (Å²) < 4.78 is 0. The number of hydrogen-bond acceptors (Lipinski definition) is 0. The van der Waals surface area contributed by atoms with Crippen LogP contribution in [0.2, 0.25) is 0 Å². The van der Waals surface area contributed by atoms with Gasteiger partial charge in [-0.2, -0.15) is 0 Å². The summed E-state index contributed by atoms with van der Waals surface area (Å²) in [5.41, 5.74) is 0. The van der Waals surface area contributed by atoms with Gasteiger partial charge in [0.05, 0.1) is 0 Å². The number of allylic oxidation sites excluding steroid dienone is 2. The second kappa shape index (κ2) is 7.17. The molecule has 0 spiro atoms. The van der Waals surface area contributed by atoms with Gasteiger partial charge in [0.25, 0.3) is 0 Å². The molecule has 0 aliphatic heterocycles. The maximum absolute atomic E-state index is 2.34. The molecule has 0 unspecified atom stereocenters. The Morgan fingerprint density at radius 2 is 1.85 bits per heavy atom. The van der Waals surface area contributed by atoms with Gasteiger partial charge in [0, 0.05) is 0 Å². The first-order valence-corrected chi connectivity index (χ1v) is 6.08. The van der Waals surface area contributed by atoms with E-state index >= 15 is 0 Å². The minimum atomic E-state index is 1.09. The Balaban J connectivity index is 1.86. The minimum Gasteiger partial charge on any atom is -0.0888 e. The van der Waals surface area contributed by atoms with Crippen molar-refractivity contribution in [3.8, 4) is 0 Å². The fourth-order valence-electron chi connectivity index (χ4n) is 2.28. The van der Waals surface area contributed by atoms with E-state index in [1.54, 1.807) is 0 Å². The molecule has 0 bridgehead atoms. The average molecular weight is 180 g/mol. The van der Waals surface area contributed by atoms with Crippen LogP contribution in [-0.2, 0) is 0 Å². The van der Waals surface area contributed by atoms with E-state index in [1.165, 1.54) is 57.8 Å². The topological polar surface area (TPSA) is 0 Å². The molecular weight excluding hydrogens is 156 g/mol. The van der Waals surface area contributed by atoms with Gasteiger partial charge in [-0.15, -0.1) is 0 Å². The average Bonchev–Trinajstić information content (AvgIpc) is 2.63. The molecule has 0 amide bonds. The van der Waals surface area contributed by atoms with Crippen molar-refractivity contribution in [3.05, 3.63) is 12.2 Å². The fraction of sp³-hybridized carbons (Fsp3) is 0.846. The summed E-state index contributed by atoms with van der Waals surface area (Å²) in [5.74, 6) is 1.09. The lowest BCUT2D eigenvalue weighted by Gasteiger charge is -2.06. The van der Waals surface area contributed by atoms with Crippen molar-refractivity contribution in [1.29, 1.82) is 0 Å². The number of unbranched alkanes of at least 4 members (excludes halogenated alkanes) is 2. The van der Waals surface area contributed by atoms with E-state index in [1.807, 2.05) is 0 Å². The first-order chi connectivity index (χ1) is 6.43. The largest absolute Gasteiger partial charge is 0.0888 e. The molecule has 1 saturated carbocycles. The summed E-state index contributed by atoms with van der Waals surface area (Å²) in [7, 11) is 0. The lowest BCUT2D eigenvalue weighted by atomic mass is 10.00. The quantitative estimate of drug-likeness (QED) is 0.410. The Hall–Kier alpha value is -0.260. The third-order valence-corrected chi connectivity index (χ3v) is 3.11. The molecule has 1 rings (SSSR count). The Kier molecular flexibility index (Phi) is 5.97. The van der Waals surface area contributed by atoms with Crippen LogP contribution in [0.25, 0.3) is 0 Å². The second-order valence-corrected chi connectivity index (χ2v) is 4.31. The maximum atomic E-state index is 2.34. The van der Waals surface area contributed by atoms with Crippen molar-refractivity contribution in [2.24, 2.45) is 5.92 Å². The van der Waals surface area contributed by atoms with Gasteiger partial charge in [-0.1, -0.05) is 57.6 Å². The molecule has 1 aliphatic rings. The SMILES string of the molecule is CC/C=C/CCCCC1CCCC1. The Labute approximate surface area is 83.4 Å². The van der Waals surface area contributed by atoms with E-state index in [-0.39, 0.29) is 0 Å². The Morgan fingerprint density at radius 1 is 1.08 bits per heavy atom. The highest BCUT2D eigenvalue weighted by Gasteiger charge is 2.13. The second-order valence-electron chi connectivity index (χ2n) is 4.31. The molecule has 1 fully saturated rings. The molecule has 0 aromatic rings. The summed E-state index contributed by atoms with van der Waals surface area (Å²) in [6, 6.07) is 0. The molecule has 76 valence electrons. The fourth-order valence-corrected chi connectivity index (χ4v) is 2.28. The van der Waals surface area contributed by atoms with Crippen LogP contribution in [0.3, 0.4) is 0 Å². The van der Waals surface area contributed by atoms with E-state index in [9.17, 15) is 0 Å². The van der Waals surface area contributed by atoms with Gasteiger partial charge in [0.1, 0.15) is 0 Å². The number of rotatable bonds is 6. The molecule has 0 radical (unpaired) electrons. The molecule has 13 heavy (non-hydrogen) atoms. The van der Waals surface area contributed by atoms with Crippen LogP contribution in [0.15, 0.2) is 12.2 Å². The molecule has 1 aliphatic carbocycles. The zero-order valence-electron chi connectivity index (χ0n) is 9.10. The third-order valence-electron chi connectivity index (χ3n) is 3.11. The van der Waals surface area contributed by atoms with Gasteiger partial charge >= 0.3 is 0 Å². The third kappa shape index (κ3) is 5.13. The van der Waals surface area contributed by atoms with Gasteiger partial charge in [-0.25, -0.2) is 0 Å². The van der Waals surface area contributed by atoms with Crippen molar-refractivity contribution in [1.82, 2.24) is 0 Å². The predicted molar refractivity (Wildman–Crippen MR) is 59.9 cm³/mol. The molecular formula is C13H24. The van der Waals surface area contributed by atoms with Crippen molar-refractivity contribution < 1.29 is 0 Å². The Morgan fingerprint density at radius 3 is 2.54 bits per heavy atom. The normalized spacial score (nSPS) is 18.8. The van der Waals surface area contributed by atoms with Crippen molar-refractivity contribution in [2.75, 3.05) is 0 Å². The zero-order valence-corrected chi connectivity index (χ0v) is 9.10. The molecule has 0 atom stereocenters. The predicted octanol–water partition coefficient (Wildman–Crippen LogP) is 4.70. The van der Waals surface area contributed by atoms with Crippen LogP contribution in [0.4, 0.5) is 0 Å². The monoisotopic (exact) mass is 180 g/mol. The van der Waals surface area contributed by atoms with Crippen molar-refractivity contribution in [3.63, 3.8) is 0 Å². The van der Waals surface area contributed by atoms with Gasteiger partial charge in [0.2, 0.25) is 0 Å². The highest BCUT2D eigenvalue weighted by atomic mass is 14.2. The van der Waals surface area contributed by atoms with Crippen LogP contribution < -0.4 is 0 Å². The minimum absolute atomic E-state index is 1.09. The molecule has 0 saturated heterocycles. The van der Waals surface area contributed by atoms with Crippen molar-refractivity contribution >= 4 is 0 Å². The first kappa shape index (κ1) is 10.8. The summed E-state index contributed by atoms with van der Waals surface area (Å²) >= 11 is 0. The molecule has 0 heteroatoms. The summed E-state index contributed by atoms with van der Waals surface area (Å²) in [6.45, 7) is 2.20. The van der Waals surface area contributed by atoms with E-state index in [0.29, 0.717) is 0 Å². The molecule has 0 heterocycles. The lowest BCUT2D eigenvalue weighted by molar-refractivity contribution is 0.475. The van der Waals surface area contributed by atoms with Gasteiger partial charge in [-0.05, 0) is 25.2 Å². The van der Waals surface area contributed by atoms with E-state index < -0.39 is 0 Å². The highest BCUT2D eigenvalue weighted by Crippen LogP contribution is 2.29. The summed E-state index contributed by atoms with van der Waals surface area (Å²) in [5, 5.41) is 0. The van der Waals surface area contributed by atoms with Gasteiger partial charge in [0.15, 0.2) is 0 Å². The van der Waals surface area contributed by atoms with Crippen LogP contribution in [0.1, 0.15) is 64.7 Å². The smallest absolute Gasteiger partial charge is 0.0351 e. The first-order valence-electron chi connectivity index (χ1n) is 6.08. The van der Waals surface area contributed by atoms with Crippen LogP contribution in [-0.4, -0.2) is 0 Å². The van der Waals surface area contributed by atoms with Crippen LogP contribution in [0.5, 0.6) is 0 Å². The van der Waals surface area contributed by atoms with E-state index in [4.69, 9.17) is 0 Å². The Bertz CT molecular complexity index is 129. The van der Waals surface area contributed by atoms with Crippen LogP contribution >= 0.6 is 0 Å².